The van der Waals surface area contributed by atoms with Crippen LogP contribution in [0.3, 0.4) is 0 Å². The second-order valence-corrected chi connectivity index (χ2v) is 14.0. The van der Waals surface area contributed by atoms with Gasteiger partial charge in [0.05, 0.1) is 0 Å². The number of carbonyl (C=O) groups is 1. The van der Waals surface area contributed by atoms with Crippen molar-refractivity contribution in [3.8, 4) is 0 Å². The molecule has 0 saturated heterocycles. The van der Waals surface area contributed by atoms with Crippen LogP contribution >= 0.6 is 0 Å². The third kappa shape index (κ3) is 12.3. The average molecular weight is 595 g/mol. The second kappa shape index (κ2) is 17.2. The van der Waals surface area contributed by atoms with Gasteiger partial charge in [-0.3, -0.25) is 4.79 Å². The number of ether oxygens (including phenoxy) is 1. The molecule has 0 bridgehead atoms. The maximum Gasteiger partial charge on any atom is 0.303 e. The van der Waals surface area contributed by atoms with Crippen molar-refractivity contribution < 1.29 is 9.53 Å². The highest BCUT2D eigenvalue weighted by molar-refractivity contribution is 5.67. The first-order valence-corrected chi connectivity index (χ1v) is 16.3. The van der Waals surface area contributed by atoms with Crippen molar-refractivity contribution in [2.45, 2.75) is 114 Å². The first-order valence-electron chi connectivity index (χ1n) is 16.3. The molecule has 2 rings (SSSR count). The molecule has 0 saturated carbocycles. The molecule has 0 aromatic rings. The second-order valence-electron chi connectivity index (χ2n) is 14.0. The van der Waals surface area contributed by atoms with Crippen molar-refractivity contribution in [3.63, 3.8) is 0 Å². The normalized spacial score (nSPS) is 21.1. The summed E-state index contributed by atoms with van der Waals surface area (Å²) in [6.07, 6.45) is 34.0. The molecule has 2 aliphatic rings. The van der Waals surface area contributed by atoms with E-state index in [0.717, 1.165) is 17.6 Å². The topological polar surface area (TPSA) is 26.3 Å². The lowest BCUT2D eigenvalue weighted by Gasteiger charge is -2.33. The average Bonchev–Trinajstić information content (AvgIpc) is 2.91. The molecular formula is C42H58O2. The van der Waals surface area contributed by atoms with E-state index in [-0.39, 0.29) is 16.8 Å². The Morgan fingerprint density at radius 1 is 0.705 bits per heavy atom. The molecule has 1 atom stereocenters. The zero-order valence-corrected chi connectivity index (χ0v) is 29.3. The zero-order valence-electron chi connectivity index (χ0n) is 29.3. The molecule has 0 amide bonds. The molecule has 0 aromatic heterocycles. The summed E-state index contributed by atoms with van der Waals surface area (Å²) in [7, 11) is 0. The molecule has 0 radical (unpaired) electrons. The smallest absolute Gasteiger partial charge is 0.303 e. The Labute approximate surface area is 269 Å². The Hall–Kier alpha value is -3.39. The number of carbonyl (C=O) groups excluding carboxylic acids is 1. The van der Waals surface area contributed by atoms with Gasteiger partial charge in [-0.25, -0.2) is 0 Å². The summed E-state index contributed by atoms with van der Waals surface area (Å²) >= 11 is 0. The molecule has 0 heterocycles. The largest absolute Gasteiger partial charge is 0.453 e. The summed E-state index contributed by atoms with van der Waals surface area (Å²) in [5.74, 6) is -0.320. The Morgan fingerprint density at radius 2 is 1.16 bits per heavy atom. The number of rotatable bonds is 12. The number of allylic oxidation sites excluding steroid dienone is 18. The molecule has 1 unspecified atom stereocenters. The molecular weight excluding hydrogens is 536 g/mol. The molecule has 0 fully saturated rings. The molecule has 0 aliphatic heterocycles. The van der Waals surface area contributed by atoms with Gasteiger partial charge in [-0.15, -0.1) is 0 Å². The van der Waals surface area contributed by atoms with Gasteiger partial charge in [0, 0.05) is 6.92 Å². The van der Waals surface area contributed by atoms with Gasteiger partial charge < -0.3 is 4.74 Å². The SMILES string of the molecule is C=C(/C=C/C1=C(C)CCCC1(C)C)C(/C=C/C(C)=C/C=C/C=C(C)/C=C/C=C(C)/C=C/C1=C(C)CCCC1(C)C)OC(C)=O. The van der Waals surface area contributed by atoms with Crippen molar-refractivity contribution in [3.05, 3.63) is 130 Å². The molecule has 0 N–H and O–H groups in total. The van der Waals surface area contributed by atoms with E-state index >= 15 is 0 Å². The van der Waals surface area contributed by atoms with Crippen molar-refractivity contribution in [1.82, 2.24) is 0 Å². The fraction of sp³-hybridized carbons (Fsp3) is 0.452. The number of esters is 1. The molecule has 238 valence electrons. The molecule has 44 heavy (non-hydrogen) atoms. The minimum absolute atomic E-state index is 0.149. The van der Waals surface area contributed by atoms with Crippen LogP contribution in [0.15, 0.2) is 130 Å². The Balaban J connectivity index is 2.00. The van der Waals surface area contributed by atoms with E-state index in [1.807, 2.05) is 43.4 Å². The monoisotopic (exact) mass is 594 g/mol. The van der Waals surface area contributed by atoms with E-state index in [0.29, 0.717) is 0 Å². The highest BCUT2D eigenvalue weighted by atomic mass is 16.5. The summed E-state index contributed by atoms with van der Waals surface area (Å²) in [5.41, 5.74) is 10.5. The molecule has 0 aromatic carbocycles. The zero-order chi connectivity index (χ0) is 32.9. The van der Waals surface area contributed by atoms with Gasteiger partial charge in [0.2, 0.25) is 0 Å². The van der Waals surface area contributed by atoms with E-state index in [1.165, 1.54) is 72.5 Å². The van der Waals surface area contributed by atoms with Crippen LogP contribution in [0.1, 0.15) is 108 Å². The quantitative estimate of drug-likeness (QED) is 0.166. The third-order valence-electron chi connectivity index (χ3n) is 8.80. The predicted molar refractivity (Wildman–Crippen MR) is 192 cm³/mol. The number of hydrogen-bond acceptors (Lipinski definition) is 2. The van der Waals surface area contributed by atoms with Crippen LogP contribution in [0.25, 0.3) is 0 Å². The lowest BCUT2D eigenvalue weighted by molar-refractivity contribution is -0.142. The van der Waals surface area contributed by atoms with Crippen molar-refractivity contribution in [2.24, 2.45) is 10.8 Å². The predicted octanol–water partition coefficient (Wildman–Crippen LogP) is 12.1. The Kier molecular flexibility index (Phi) is 14.4. The summed E-state index contributed by atoms with van der Waals surface area (Å²) in [6, 6.07) is 0. The van der Waals surface area contributed by atoms with Crippen molar-refractivity contribution >= 4 is 5.97 Å². The highest BCUT2D eigenvalue weighted by Gasteiger charge is 2.27. The Morgan fingerprint density at radius 3 is 1.66 bits per heavy atom. The van der Waals surface area contributed by atoms with Crippen molar-refractivity contribution in [2.75, 3.05) is 0 Å². The summed E-state index contributed by atoms with van der Waals surface area (Å²) in [5, 5.41) is 0. The van der Waals surface area contributed by atoms with Gasteiger partial charge in [-0.1, -0.05) is 135 Å². The summed E-state index contributed by atoms with van der Waals surface area (Å²) in [4.78, 5) is 11.8. The Bertz CT molecular complexity index is 1350. The fourth-order valence-corrected chi connectivity index (χ4v) is 6.11. The molecule has 2 aliphatic carbocycles. The third-order valence-corrected chi connectivity index (χ3v) is 8.80. The minimum Gasteiger partial charge on any atom is -0.453 e. The van der Waals surface area contributed by atoms with E-state index in [2.05, 4.69) is 105 Å². The van der Waals surface area contributed by atoms with E-state index in [4.69, 9.17) is 4.74 Å². The van der Waals surface area contributed by atoms with Crippen LogP contribution < -0.4 is 0 Å². The minimum atomic E-state index is -0.503. The van der Waals surface area contributed by atoms with Gasteiger partial charge in [0.1, 0.15) is 6.10 Å². The first-order chi connectivity index (χ1) is 20.6. The fourth-order valence-electron chi connectivity index (χ4n) is 6.11. The van der Waals surface area contributed by atoms with E-state index in [9.17, 15) is 4.79 Å². The van der Waals surface area contributed by atoms with Crippen LogP contribution in [-0.2, 0) is 9.53 Å². The van der Waals surface area contributed by atoms with Gasteiger partial charge in [-0.05, 0) is 107 Å². The summed E-state index contributed by atoms with van der Waals surface area (Å²) < 4.78 is 5.59. The van der Waals surface area contributed by atoms with Gasteiger partial charge >= 0.3 is 5.97 Å². The standard InChI is InChI=1S/C42H58O2/c1-31(19-14-20-33(3)23-26-38-34(4)21-15-29-41(38,8)9)17-12-13-18-32(2)24-28-40(44-37(7)43)36(6)25-27-39-35(5)22-16-30-42(39,10)11/h12-14,17-20,23-28,40H,6,15-16,21-22,29-30H2,1-5,7-11H3/b13-12+,19-14+,26-23+,27-25+,28-24+,31-17+,32-18+,33-20+. The molecule has 2 nitrogen and oxygen atoms in total. The van der Waals surface area contributed by atoms with Gasteiger partial charge in [0.15, 0.2) is 0 Å². The summed E-state index contributed by atoms with van der Waals surface area (Å²) in [6.45, 7) is 25.7. The van der Waals surface area contributed by atoms with E-state index in [1.54, 1.807) is 0 Å². The van der Waals surface area contributed by atoms with Crippen LogP contribution in [0.4, 0.5) is 0 Å². The van der Waals surface area contributed by atoms with Crippen LogP contribution in [-0.4, -0.2) is 12.1 Å². The van der Waals surface area contributed by atoms with Crippen LogP contribution in [0.2, 0.25) is 0 Å². The van der Waals surface area contributed by atoms with Crippen LogP contribution in [0.5, 0.6) is 0 Å². The molecule has 0 spiro atoms. The van der Waals surface area contributed by atoms with E-state index < -0.39 is 6.10 Å². The molecule has 2 heteroatoms. The van der Waals surface area contributed by atoms with Crippen molar-refractivity contribution in [1.29, 1.82) is 0 Å². The van der Waals surface area contributed by atoms with Gasteiger partial charge in [0.25, 0.3) is 0 Å². The highest BCUT2D eigenvalue weighted by Crippen LogP contribution is 2.41. The maximum atomic E-state index is 11.8. The lowest BCUT2D eigenvalue weighted by atomic mass is 9.72. The number of hydrogen-bond donors (Lipinski definition) is 0. The lowest BCUT2D eigenvalue weighted by Crippen LogP contribution is -2.19. The van der Waals surface area contributed by atoms with Crippen LogP contribution in [0, 0.1) is 10.8 Å². The van der Waals surface area contributed by atoms with Gasteiger partial charge in [-0.2, -0.15) is 0 Å². The maximum absolute atomic E-state index is 11.8. The first kappa shape index (κ1) is 36.8.